The van der Waals surface area contributed by atoms with E-state index in [4.69, 9.17) is 21.1 Å². The van der Waals surface area contributed by atoms with Gasteiger partial charge >= 0.3 is 0 Å². The fraction of sp³-hybridized carbons (Fsp3) is 0.174. The van der Waals surface area contributed by atoms with E-state index in [0.717, 1.165) is 22.5 Å². The van der Waals surface area contributed by atoms with Crippen LogP contribution >= 0.6 is 11.6 Å². The summed E-state index contributed by atoms with van der Waals surface area (Å²) in [7, 11) is -1.61. The number of amides is 1. The van der Waals surface area contributed by atoms with E-state index in [-0.39, 0.29) is 27.0 Å². The van der Waals surface area contributed by atoms with E-state index in [9.17, 15) is 22.0 Å². The summed E-state index contributed by atoms with van der Waals surface area (Å²) in [6, 6.07) is 11.6. The second-order valence-electron chi connectivity index (χ2n) is 7.16. The summed E-state index contributed by atoms with van der Waals surface area (Å²) in [4.78, 5) is 12.6. The fourth-order valence-corrected chi connectivity index (χ4v) is 5.04. The molecule has 0 saturated carbocycles. The molecule has 1 N–H and O–H groups in total. The molecular formula is C23H21ClF2N2O5S. The Morgan fingerprint density at radius 2 is 1.65 bits per heavy atom. The standard InChI is InChI=1S/C23H21ClF2N2O5S/c1-14-4-8-21(33-3)22(10-14)34(30,31)28(16-6-9-20(32-2)17(24)12-16)13-23(29)27-15-5-7-18(25)19(26)11-15/h4-12H,13H2,1-3H3,(H,27,29). The molecule has 3 aromatic carbocycles. The number of carbonyl (C=O) groups is 1. The highest BCUT2D eigenvalue weighted by molar-refractivity contribution is 7.93. The minimum absolute atomic E-state index is 0.0397. The first-order chi connectivity index (χ1) is 16.1. The Morgan fingerprint density at radius 3 is 2.26 bits per heavy atom. The van der Waals surface area contributed by atoms with E-state index >= 15 is 0 Å². The number of hydrogen-bond donors (Lipinski definition) is 1. The normalized spacial score (nSPS) is 11.1. The maximum Gasteiger partial charge on any atom is 0.268 e. The van der Waals surface area contributed by atoms with Crippen LogP contribution in [0.15, 0.2) is 59.5 Å². The van der Waals surface area contributed by atoms with E-state index in [2.05, 4.69) is 5.32 Å². The number of rotatable bonds is 8. The highest BCUT2D eigenvalue weighted by Crippen LogP contribution is 2.34. The molecule has 0 heterocycles. The number of nitrogens with zero attached hydrogens (tertiary/aromatic N) is 1. The Balaban J connectivity index is 2.05. The number of ether oxygens (including phenoxy) is 2. The number of nitrogens with one attached hydrogen (secondary N) is 1. The first-order valence-electron chi connectivity index (χ1n) is 9.82. The average Bonchev–Trinajstić information content (AvgIpc) is 2.79. The van der Waals surface area contributed by atoms with Crippen molar-refractivity contribution in [2.24, 2.45) is 0 Å². The molecule has 0 unspecified atom stereocenters. The maximum atomic E-state index is 13.7. The monoisotopic (exact) mass is 510 g/mol. The van der Waals surface area contributed by atoms with Crippen molar-refractivity contribution in [3.63, 3.8) is 0 Å². The Labute approximate surface area is 200 Å². The summed E-state index contributed by atoms with van der Waals surface area (Å²) in [6.45, 7) is 1.02. The zero-order chi connectivity index (χ0) is 25.0. The van der Waals surface area contributed by atoms with Crippen molar-refractivity contribution in [1.29, 1.82) is 0 Å². The van der Waals surface area contributed by atoms with Crippen LogP contribution in [-0.2, 0) is 14.8 Å². The van der Waals surface area contributed by atoms with Crippen LogP contribution in [0.2, 0.25) is 5.02 Å². The zero-order valence-corrected chi connectivity index (χ0v) is 20.0. The van der Waals surface area contributed by atoms with Crippen molar-refractivity contribution >= 4 is 38.9 Å². The molecule has 34 heavy (non-hydrogen) atoms. The zero-order valence-electron chi connectivity index (χ0n) is 18.4. The largest absolute Gasteiger partial charge is 0.495 e. The molecule has 7 nitrogen and oxygen atoms in total. The predicted molar refractivity (Wildman–Crippen MR) is 125 cm³/mol. The SMILES string of the molecule is COc1ccc(N(CC(=O)Nc2ccc(F)c(F)c2)S(=O)(=O)c2cc(C)ccc2OC)cc1Cl. The summed E-state index contributed by atoms with van der Waals surface area (Å²) in [5.74, 6) is -2.65. The Bertz CT molecular complexity index is 1330. The number of anilines is 2. The van der Waals surface area contributed by atoms with E-state index in [1.165, 1.54) is 44.6 Å². The number of benzene rings is 3. The molecule has 0 fully saturated rings. The van der Waals surface area contributed by atoms with Gasteiger partial charge in [0.05, 0.1) is 24.9 Å². The number of aryl methyl sites for hydroxylation is 1. The van der Waals surface area contributed by atoms with Crippen LogP contribution in [0.3, 0.4) is 0 Å². The molecule has 3 aromatic rings. The number of halogens is 3. The Morgan fingerprint density at radius 1 is 0.971 bits per heavy atom. The number of carbonyl (C=O) groups excluding carboxylic acids is 1. The smallest absolute Gasteiger partial charge is 0.268 e. The lowest BCUT2D eigenvalue weighted by molar-refractivity contribution is -0.114. The lowest BCUT2D eigenvalue weighted by Crippen LogP contribution is -2.38. The molecule has 11 heteroatoms. The molecule has 0 radical (unpaired) electrons. The molecule has 0 spiro atoms. The second-order valence-corrected chi connectivity index (χ2v) is 9.40. The van der Waals surface area contributed by atoms with Crippen LogP contribution in [0.1, 0.15) is 5.56 Å². The summed E-state index contributed by atoms with van der Waals surface area (Å²) >= 11 is 6.20. The topological polar surface area (TPSA) is 84.9 Å². The molecule has 1 amide bonds. The quantitative estimate of drug-likeness (QED) is 0.471. The third-order valence-electron chi connectivity index (χ3n) is 4.80. The van der Waals surface area contributed by atoms with Crippen LogP contribution in [-0.4, -0.2) is 35.1 Å². The molecule has 3 rings (SSSR count). The van der Waals surface area contributed by atoms with Gasteiger partial charge in [-0.25, -0.2) is 17.2 Å². The van der Waals surface area contributed by atoms with Gasteiger partial charge in [0.15, 0.2) is 11.6 Å². The van der Waals surface area contributed by atoms with Gasteiger partial charge < -0.3 is 14.8 Å². The third kappa shape index (κ3) is 5.40. The van der Waals surface area contributed by atoms with Gasteiger partial charge in [0.2, 0.25) is 5.91 Å². The molecule has 0 aromatic heterocycles. The number of hydrogen-bond acceptors (Lipinski definition) is 5. The summed E-state index contributed by atoms with van der Waals surface area (Å²) < 4.78 is 65.3. The molecule has 180 valence electrons. The fourth-order valence-electron chi connectivity index (χ4n) is 3.13. The number of sulfonamides is 1. The minimum Gasteiger partial charge on any atom is -0.495 e. The lowest BCUT2D eigenvalue weighted by Gasteiger charge is -2.25. The van der Waals surface area contributed by atoms with Crippen LogP contribution in [0.25, 0.3) is 0 Å². The molecule has 0 aliphatic rings. The molecule has 0 atom stereocenters. The van der Waals surface area contributed by atoms with Gasteiger partial charge in [-0.1, -0.05) is 17.7 Å². The van der Waals surface area contributed by atoms with Gasteiger partial charge in [-0.3, -0.25) is 9.10 Å². The van der Waals surface area contributed by atoms with Crippen molar-refractivity contribution in [1.82, 2.24) is 0 Å². The van der Waals surface area contributed by atoms with Gasteiger partial charge in [0, 0.05) is 11.8 Å². The van der Waals surface area contributed by atoms with E-state index in [1.54, 1.807) is 13.0 Å². The van der Waals surface area contributed by atoms with Gasteiger partial charge in [0.25, 0.3) is 10.0 Å². The predicted octanol–water partition coefficient (Wildman–Crippen LogP) is 4.78. The molecule has 0 aliphatic carbocycles. The van der Waals surface area contributed by atoms with Crippen molar-refractivity contribution in [3.05, 3.63) is 76.8 Å². The highest BCUT2D eigenvalue weighted by Gasteiger charge is 2.31. The van der Waals surface area contributed by atoms with Crippen molar-refractivity contribution in [3.8, 4) is 11.5 Å². The van der Waals surface area contributed by atoms with Crippen molar-refractivity contribution in [2.45, 2.75) is 11.8 Å². The molecule has 0 bridgehead atoms. The Hall–Kier alpha value is -3.37. The first-order valence-corrected chi connectivity index (χ1v) is 11.6. The van der Waals surface area contributed by atoms with Gasteiger partial charge in [-0.2, -0.15) is 0 Å². The summed E-state index contributed by atoms with van der Waals surface area (Å²) in [5, 5.41) is 2.49. The molecule has 0 saturated heterocycles. The third-order valence-corrected chi connectivity index (χ3v) is 6.89. The van der Waals surface area contributed by atoms with E-state index in [1.807, 2.05) is 0 Å². The Kier molecular flexibility index (Phi) is 7.63. The maximum absolute atomic E-state index is 13.7. The van der Waals surface area contributed by atoms with Crippen LogP contribution in [0, 0.1) is 18.6 Å². The van der Waals surface area contributed by atoms with Gasteiger partial charge in [-0.05, 0) is 55.0 Å². The highest BCUT2D eigenvalue weighted by atomic mass is 35.5. The lowest BCUT2D eigenvalue weighted by atomic mass is 10.2. The van der Waals surface area contributed by atoms with Crippen LogP contribution in [0.4, 0.5) is 20.2 Å². The van der Waals surface area contributed by atoms with E-state index < -0.39 is 34.1 Å². The first kappa shape index (κ1) is 25.3. The van der Waals surface area contributed by atoms with Gasteiger partial charge in [-0.15, -0.1) is 0 Å². The van der Waals surface area contributed by atoms with Crippen molar-refractivity contribution in [2.75, 3.05) is 30.4 Å². The summed E-state index contributed by atoms with van der Waals surface area (Å²) in [5.41, 5.74) is 0.690. The van der Waals surface area contributed by atoms with Crippen LogP contribution < -0.4 is 19.1 Å². The minimum atomic E-state index is -4.34. The van der Waals surface area contributed by atoms with E-state index in [0.29, 0.717) is 11.3 Å². The van der Waals surface area contributed by atoms with Gasteiger partial charge in [0.1, 0.15) is 22.9 Å². The second kappa shape index (κ2) is 10.3. The number of methoxy groups -OCH3 is 2. The van der Waals surface area contributed by atoms with Crippen molar-refractivity contribution < 1.29 is 31.5 Å². The molecular weight excluding hydrogens is 490 g/mol. The van der Waals surface area contributed by atoms with Crippen LogP contribution in [0.5, 0.6) is 11.5 Å². The average molecular weight is 511 g/mol. The summed E-state index contributed by atoms with van der Waals surface area (Å²) in [6.07, 6.45) is 0. The molecule has 0 aliphatic heterocycles.